The zero-order chi connectivity index (χ0) is 13.9. The van der Waals surface area contributed by atoms with Crippen LogP contribution in [0.3, 0.4) is 0 Å². The van der Waals surface area contributed by atoms with Crippen LogP contribution in [0.5, 0.6) is 0 Å². The molecule has 1 aliphatic rings. The van der Waals surface area contributed by atoms with Crippen LogP contribution < -0.4 is 10.2 Å². The van der Waals surface area contributed by atoms with Crippen LogP contribution in [-0.4, -0.2) is 18.1 Å². The van der Waals surface area contributed by atoms with E-state index in [-0.39, 0.29) is 5.82 Å². The molecule has 3 nitrogen and oxygen atoms in total. The topological polar surface area (TPSA) is 28.2 Å². The van der Waals surface area contributed by atoms with Gasteiger partial charge >= 0.3 is 0 Å². The van der Waals surface area contributed by atoms with E-state index in [9.17, 15) is 4.39 Å². The van der Waals surface area contributed by atoms with Crippen LogP contribution in [0.15, 0.2) is 23.6 Å². The van der Waals surface area contributed by atoms with E-state index in [0.717, 1.165) is 48.0 Å². The third-order valence-electron chi connectivity index (χ3n) is 3.50. The van der Waals surface area contributed by atoms with Crippen molar-refractivity contribution < 1.29 is 4.39 Å². The molecule has 106 valence electrons. The largest absolute Gasteiger partial charge is 0.378 e. The van der Waals surface area contributed by atoms with E-state index in [1.807, 2.05) is 24.4 Å². The summed E-state index contributed by atoms with van der Waals surface area (Å²) in [5.74, 6) is -0.146. The second kappa shape index (κ2) is 5.79. The van der Waals surface area contributed by atoms with Crippen molar-refractivity contribution in [3.8, 4) is 0 Å². The maximum atomic E-state index is 14.1. The van der Waals surface area contributed by atoms with E-state index in [4.69, 9.17) is 0 Å². The Labute approximate surface area is 122 Å². The maximum absolute atomic E-state index is 14.1. The van der Waals surface area contributed by atoms with Crippen molar-refractivity contribution in [2.75, 3.05) is 23.3 Å². The van der Waals surface area contributed by atoms with Gasteiger partial charge < -0.3 is 10.2 Å². The van der Waals surface area contributed by atoms with Crippen molar-refractivity contribution in [3.05, 3.63) is 40.1 Å². The van der Waals surface area contributed by atoms with Crippen LogP contribution in [0.1, 0.15) is 23.5 Å². The van der Waals surface area contributed by atoms with E-state index >= 15 is 0 Å². The van der Waals surface area contributed by atoms with Gasteiger partial charge in [-0.15, -0.1) is 11.3 Å². The van der Waals surface area contributed by atoms with Gasteiger partial charge in [-0.2, -0.15) is 0 Å². The molecule has 0 radical (unpaired) electrons. The molecule has 1 N–H and O–H groups in total. The number of halogens is 1. The molecule has 0 amide bonds. The van der Waals surface area contributed by atoms with E-state index in [2.05, 4.69) is 15.2 Å². The smallest absolute Gasteiger partial charge is 0.148 e. The number of thiazole rings is 1. The summed E-state index contributed by atoms with van der Waals surface area (Å²) in [5.41, 5.74) is 2.55. The molecule has 20 heavy (non-hydrogen) atoms. The highest BCUT2D eigenvalue weighted by Gasteiger charge is 2.16. The number of anilines is 2. The fourth-order valence-electron chi connectivity index (χ4n) is 2.49. The third-order valence-corrected chi connectivity index (χ3v) is 4.47. The lowest BCUT2D eigenvalue weighted by molar-refractivity contribution is 0.623. The number of aryl methyl sites for hydroxylation is 1. The fraction of sp³-hybridized carbons (Fsp3) is 0.400. The summed E-state index contributed by atoms with van der Waals surface area (Å²) < 4.78 is 14.1. The lowest BCUT2D eigenvalue weighted by atomic mass is 10.2. The average Bonchev–Trinajstić information content (AvgIpc) is 3.08. The average molecular weight is 291 g/mol. The molecule has 2 heterocycles. The summed E-state index contributed by atoms with van der Waals surface area (Å²) in [4.78, 5) is 6.50. The Balaban J connectivity index is 1.67. The Morgan fingerprint density at radius 2 is 2.15 bits per heavy atom. The highest BCUT2D eigenvalue weighted by atomic mass is 32.1. The summed E-state index contributed by atoms with van der Waals surface area (Å²) in [7, 11) is 0. The molecule has 5 heteroatoms. The number of rotatable bonds is 4. The maximum Gasteiger partial charge on any atom is 0.148 e. The lowest BCUT2D eigenvalue weighted by Crippen LogP contribution is -2.18. The number of hydrogen-bond donors (Lipinski definition) is 1. The molecule has 0 atom stereocenters. The standard InChI is InChI=1S/C15H18FN3S/c1-11-10-20-15(18-11)9-17-12-4-5-14(13(16)8-12)19-6-2-3-7-19/h4-5,8,10,17H,2-3,6-7,9H2,1H3. The van der Waals surface area contributed by atoms with Crippen LogP contribution >= 0.6 is 11.3 Å². The molecule has 1 aromatic carbocycles. The Morgan fingerprint density at radius 3 is 2.80 bits per heavy atom. The molecule has 0 bridgehead atoms. The van der Waals surface area contributed by atoms with Gasteiger partial charge in [0.05, 0.1) is 12.2 Å². The highest BCUT2D eigenvalue weighted by molar-refractivity contribution is 7.09. The van der Waals surface area contributed by atoms with Gasteiger partial charge in [0.15, 0.2) is 0 Å². The fourth-order valence-corrected chi connectivity index (χ4v) is 3.20. The molecule has 1 fully saturated rings. The Bertz CT molecular complexity index is 591. The summed E-state index contributed by atoms with van der Waals surface area (Å²) in [5, 5.41) is 6.26. The zero-order valence-corrected chi connectivity index (χ0v) is 12.3. The molecule has 0 spiro atoms. The molecule has 3 rings (SSSR count). The second-order valence-corrected chi connectivity index (χ2v) is 6.04. The first-order valence-electron chi connectivity index (χ1n) is 6.92. The zero-order valence-electron chi connectivity index (χ0n) is 11.5. The van der Waals surface area contributed by atoms with Gasteiger partial charge in [-0.3, -0.25) is 0 Å². The minimum absolute atomic E-state index is 0.146. The number of hydrogen-bond acceptors (Lipinski definition) is 4. The van der Waals surface area contributed by atoms with E-state index in [1.54, 1.807) is 17.4 Å². The molecular formula is C15H18FN3S. The molecule has 0 unspecified atom stereocenters. The molecule has 0 aliphatic carbocycles. The van der Waals surface area contributed by atoms with Crippen molar-refractivity contribution in [2.45, 2.75) is 26.3 Å². The molecular weight excluding hydrogens is 273 g/mol. The van der Waals surface area contributed by atoms with Crippen molar-refractivity contribution in [2.24, 2.45) is 0 Å². The van der Waals surface area contributed by atoms with Crippen LogP contribution in [0.2, 0.25) is 0 Å². The van der Waals surface area contributed by atoms with Crippen molar-refractivity contribution in [1.82, 2.24) is 4.98 Å². The first-order chi connectivity index (χ1) is 9.72. The Hall–Kier alpha value is -1.62. The SMILES string of the molecule is Cc1csc(CNc2ccc(N3CCCC3)c(F)c2)n1. The number of nitrogens with zero attached hydrogens (tertiary/aromatic N) is 2. The van der Waals surface area contributed by atoms with Crippen molar-refractivity contribution in [3.63, 3.8) is 0 Å². The van der Waals surface area contributed by atoms with Crippen molar-refractivity contribution >= 4 is 22.7 Å². The van der Waals surface area contributed by atoms with Gasteiger partial charge in [-0.05, 0) is 38.0 Å². The van der Waals surface area contributed by atoms with Gasteiger partial charge in [-0.25, -0.2) is 9.37 Å². The normalized spacial score (nSPS) is 14.8. The minimum atomic E-state index is -0.146. The van der Waals surface area contributed by atoms with Gasteiger partial charge in [0, 0.05) is 29.9 Å². The predicted octanol–water partition coefficient (Wildman–Crippen LogP) is 3.80. The van der Waals surface area contributed by atoms with Gasteiger partial charge in [0.2, 0.25) is 0 Å². The summed E-state index contributed by atoms with van der Waals surface area (Å²) >= 11 is 1.62. The summed E-state index contributed by atoms with van der Waals surface area (Å²) in [6.45, 7) is 4.54. The van der Waals surface area contributed by atoms with E-state index in [1.165, 1.54) is 0 Å². The van der Waals surface area contributed by atoms with E-state index in [0.29, 0.717) is 6.54 Å². The number of nitrogens with one attached hydrogen (secondary N) is 1. The molecule has 0 saturated carbocycles. The van der Waals surface area contributed by atoms with Crippen LogP contribution in [0.4, 0.5) is 15.8 Å². The van der Waals surface area contributed by atoms with Crippen LogP contribution in [-0.2, 0) is 6.54 Å². The van der Waals surface area contributed by atoms with E-state index < -0.39 is 0 Å². The first kappa shape index (κ1) is 13.4. The van der Waals surface area contributed by atoms with Gasteiger partial charge in [-0.1, -0.05) is 0 Å². The molecule has 2 aromatic rings. The number of benzene rings is 1. The second-order valence-electron chi connectivity index (χ2n) is 5.10. The third kappa shape index (κ3) is 2.93. The highest BCUT2D eigenvalue weighted by Crippen LogP contribution is 2.26. The van der Waals surface area contributed by atoms with Crippen molar-refractivity contribution in [1.29, 1.82) is 0 Å². The van der Waals surface area contributed by atoms with Crippen LogP contribution in [0, 0.1) is 12.7 Å². The molecule has 1 aliphatic heterocycles. The lowest BCUT2D eigenvalue weighted by Gasteiger charge is -2.18. The predicted molar refractivity (Wildman–Crippen MR) is 82.0 cm³/mol. The van der Waals surface area contributed by atoms with Gasteiger partial charge in [0.25, 0.3) is 0 Å². The minimum Gasteiger partial charge on any atom is -0.378 e. The first-order valence-corrected chi connectivity index (χ1v) is 7.80. The quantitative estimate of drug-likeness (QED) is 0.928. The Kier molecular flexibility index (Phi) is 3.87. The number of aromatic nitrogens is 1. The summed E-state index contributed by atoms with van der Waals surface area (Å²) in [6, 6.07) is 5.39. The van der Waals surface area contributed by atoms with Gasteiger partial charge in [0.1, 0.15) is 10.8 Å². The van der Waals surface area contributed by atoms with Crippen LogP contribution in [0.25, 0.3) is 0 Å². The molecule has 1 saturated heterocycles. The Morgan fingerprint density at radius 1 is 1.35 bits per heavy atom. The summed E-state index contributed by atoms with van der Waals surface area (Å²) in [6.07, 6.45) is 2.31. The monoisotopic (exact) mass is 291 g/mol. The molecule has 1 aromatic heterocycles.